The van der Waals surface area contributed by atoms with Crippen LogP contribution in [0, 0.1) is 11.8 Å². The summed E-state index contributed by atoms with van der Waals surface area (Å²) in [5.41, 5.74) is 7.25. The fraction of sp³-hybridized carbons (Fsp3) is 0.625. The molecule has 0 saturated carbocycles. The maximum absolute atomic E-state index is 6.12. The first kappa shape index (κ1) is 16.5. The number of anilines is 1. The van der Waals surface area contributed by atoms with Gasteiger partial charge in [-0.2, -0.15) is 0 Å². The van der Waals surface area contributed by atoms with Crippen LogP contribution in [0.15, 0.2) is 28.7 Å². The Morgan fingerprint density at radius 3 is 2.16 bits per heavy atom. The van der Waals surface area contributed by atoms with Gasteiger partial charge in [-0.3, -0.25) is 0 Å². The summed E-state index contributed by atoms with van der Waals surface area (Å²) in [6.07, 6.45) is 2.18. The number of halogens is 1. The second-order valence-electron chi connectivity index (χ2n) is 6.32. The van der Waals surface area contributed by atoms with Gasteiger partial charge in [-0.1, -0.05) is 49.7 Å². The molecule has 0 radical (unpaired) electrons. The van der Waals surface area contributed by atoms with Gasteiger partial charge in [0.25, 0.3) is 0 Å². The summed E-state index contributed by atoms with van der Waals surface area (Å²) in [4.78, 5) is 0. The highest BCUT2D eigenvalue weighted by atomic mass is 79.9. The van der Waals surface area contributed by atoms with Crippen molar-refractivity contribution >= 4 is 21.6 Å². The van der Waals surface area contributed by atoms with Crippen LogP contribution in [0.25, 0.3) is 0 Å². The number of hydrogen-bond donors (Lipinski definition) is 2. The average molecular weight is 327 g/mol. The molecule has 0 fully saturated rings. The third-order valence-corrected chi connectivity index (χ3v) is 3.72. The number of benzene rings is 1. The number of nitrogens with one attached hydrogen (secondary N) is 1. The van der Waals surface area contributed by atoms with E-state index in [4.69, 9.17) is 5.73 Å². The minimum Gasteiger partial charge on any atom is -0.378 e. The first-order chi connectivity index (χ1) is 8.87. The maximum atomic E-state index is 6.12. The van der Waals surface area contributed by atoms with E-state index >= 15 is 0 Å². The van der Waals surface area contributed by atoms with Crippen LogP contribution in [0.4, 0.5) is 5.69 Å². The lowest BCUT2D eigenvalue weighted by Gasteiger charge is -2.38. The Labute approximate surface area is 126 Å². The molecular weight excluding hydrogens is 300 g/mol. The van der Waals surface area contributed by atoms with Gasteiger partial charge in [-0.25, -0.2) is 0 Å². The fourth-order valence-electron chi connectivity index (χ4n) is 2.84. The van der Waals surface area contributed by atoms with Gasteiger partial charge in [0.05, 0.1) is 5.54 Å². The molecule has 108 valence electrons. The Morgan fingerprint density at radius 2 is 1.74 bits per heavy atom. The molecule has 0 amide bonds. The Morgan fingerprint density at radius 1 is 1.16 bits per heavy atom. The summed E-state index contributed by atoms with van der Waals surface area (Å²) in [6, 6.07) is 8.32. The van der Waals surface area contributed by atoms with Crippen molar-refractivity contribution in [1.82, 2.24) is 0 Å². The minimum absolute atomic E-state index is 0.0108. The first-order valence-corrected chi connectivity index (χ1v) is 7.90. The van der Waals surface area contributed by atoms with Gasteiger partial charge in [0.1, 0.15) is 0 Å². The van der Waals surface area contributed by atoms with Crippen molar-refractivity contribution in [1.29, 1.82) is 0 Å². The van der Waals surface area contributed by atoms with Crippen molar-refractivity contribution in [2.24, 2.45) is 17.6 Å². The van der Waals surface area contributed by atoms with Crippen molar-refractivity contribution in [3.63, 3.8) is 0 Å². The van der Waals surface area contributed by atoms with Crippen LogP contribution in [0.3, 0.4) is 0 Å². The van der Waals surface area contributed by atoms with Crippen LogP contribution in [-0.2, 0) is 0 Å². The predicted molar refractivity (Wildman–Crippen MR) is 88.5 cm³/mol. The zero-order chi connectivity index (χ0) is 14.5. The van der Waals surface area contributed by atoms with E-state index in [1.807, 2.05) is 6.07 Å². The lowest BCUT2D eigenvalue weighted by molar-refractivity contribution is 0.317. The summed E-state index contributed by atoms with van der Waals surface area (Å²) in [5.74, 6) is 1.25. The highest BCUT2D eigenvalue weighted by Crippen LogP contribution is 2.29. The van der Waals surface area contributed by atoms with Crippen LogP contribution in [-0.4, -0.2) is 12.1 Å². The van der Waals surface area contributed by atoms with Crippen molar-refractivity contribution < 1.29 is 0 Å². The third kappa shape index (κ3) is 5.53. The van der Waals surface area contributed by atoms with Crippen molar-refractivity contribution in [2.75, 3.05) is 11.9 Å². The van der Waals surface area contributed by atoms with Crippen molar-refractivity contribution in [2.45, 2.75) is 46.1 Å². The first-order valence-electron chi connectivity index (χ1n) is 7.11. The molecule has 19 heavy (non-hydrogen) atoms. The molecule has 0 aliphatic rings. The normalized spacial score (nSPS) is 12.2. The van der Waals surface area contributed by atoms with Gasteiger partial charge in [-0.05, 0) is 42.9 Å². The summed E-state index contributed by atoms with van der Waals surface area (Å²) < 4.78 is 1.09. The predicted octanol–water partition coefficient (Wildman–Crippen LogP) is 4.65. The van der Waals surface area contributed by atoms with E-state index in [2.05, 4.69) is 67.1 Å². The van der Waals surface area contributed by atoms with Crippen LogP contribution in [0.2, 0.25) is 0 Å². The Balaban J connectivity index is 2.94. The third-order valence-electron chi connectivity index (χ3n) is 3.22. The van der Waals surface area contributed by atoms with E-state index < -0.39 is 0 Å². The zero-order valence-electron chi connectivity index (χ0n) is 12.5. The molecule has 1 rings (SSSR count). The molecule has 3 N–H and O–H groups in total. The summed E-state index contributed by atoms with van der Waals surface area (Å²) in [5, 5.41) is 3.69. The molecule has 0 atom stereocenters. The SMILES string of the molecule is CC(C)CC(CN)(CC(C)C)Nc1cccc(Br)c1. The van der Waals surface area contributed by atoms with Gasteiger partial charge in [-0.15, -0.1) is 0 Å². The molecule has 1 aromatic carbocycles. The Bertz CT molecular complexity index is 378. The molecular formula is C16H27BrN2. The van der Waals surface area contributed by atoms with Crippen LogP contribution in [0.5, 0.6) is 0 Å². The molecule has 0 aliphatic heterocycles. The summed E-state index contributed by atoms with van der Waals surface area (Å²) >= 11 is 3.52. The van der Waals surface area contributed by atoms with E-state index in [9.17, 15) is 0 Å². The smallest absolute Gasteiger partial charge is 0.0500 e. The Kier molecular flexibility index (Phi) is 6.34. The molecule has 0 aliphatic carbocycles. The molecule has 0 aromatic heterocycles. The fourth-order valence-corrected chi connectivity index (χ4v) is 3.24. The number of rotatable bonds is 7. The van der Waals surface area contributed by atoms with E-state index in [1.165, 1.54) is 0 Å². The second kappa shape index (κ2) is 7.30. The van der Waals surface area contributed by atoms with Gasteiger partial charge < -0.3 is 11.1 Å². The van der Waals surface area contributed by atoms with Crippen LogP contribution < -0.4 is 11.1 Å². The van der Waals surface area contributed by atoms with E-state index in [0.29, 0.717) is 18.4 Å². The van der Waals surface area contributed by atoms with Crippen molar-refractivity contribution in [3.8, 4) is 0 Å². The quantitative estimate of drug-likeness (QED) is 0.765. The maximum Gasteiger partial charge on any atom is 0.0500 e. The highest BCUT2D eigenvalue weighted by molar-refractivity contribution is 9.10. The number of hydrogen-bond acceptors (Lipinski definition) is 2. The average Bonchev–Trinajstić information content (AvgIpc) is 2.26. The van der Waals surface area contributed by atoms with Crippen LogP contribution in [0.1, 0.15) is 40.5 Å². The topological polar surface area (TPSA) is 38.0 Å². The second-order valence-corrected chi connectivity index (χ2v) is 7.23. The standard InChI is InChI=1S/C16H27BrN2/c1-12(2)9-16(11-18,10-13(3)4)19-15-7-5-6-14(17)8-15/h5-8,12-13,19H,9-11,18H2,1-4H3. The van der Waals surface area contributed by atoms with E-state index in [0.717, 1.165) is 23.0 Å². The molecule has 0 spiro atoms. The zero-order valence-corrected chi connectivity index (χ0v) is 14.1. The highest BCUT2D eigenvalue weighted by Gasteiger charge is 2.30. The molecule has 1 aromatic rings. The lowest BCUT2D eigenvalue weighted by atomic mass is 9.81. The lowest BCUT2D eigenvalue weighted by Crippen LogP contribution is -2.47. The summed E-state index contributed by atoms with van der Waals surface area (Å²) in [7, 11) is 0. The molecule has 0 heterocycles. The van der Waals surface area contributed by atoms with E-state index in [1.54, 1.807) is 0 Å². The largest absolute Gasteiger partial charge is 0.378 e. The van der Waals surface area contributed by atoms with Crippen molar-refractivity contribution in [3.05, 3.63) is 28.7 Å². The Hall–Kier alpha value is -0.540. The van der Waals surface area contributed by atoms with Gasteiger partial charge in [0.2, 0.25) is 0 Å². The molecule has 0 saturated heterocycles. The molecule has 0 unspecified atom stereocenters. The molecule has 0 bridgehead atoms. The molecule has 2 nitrogen and oxygen atoms in total. The van der Waals surface area contributed by atoms with Gasteiger partial charge in [0, 0.05) is 16.7 Å². The minimum atomic E-state index is -0.0108. The van der Waals surface area contributed by atoms with Gasteiger partial charge >= 0.3 is 0 Å². The van der Waals surface area contributed by atoms with E-state index in [-0.39, 0.29) is 5.54 Å². The van der Waals surface area contributed by atoms with Crippen LogP contribution >= 0.6 is 15.9 Å². The monoisotopic (exact) mass is 326 g/mol. The molecule has 3 heteroatoms. The van der Waals surface area contributed by atoms with Gasteiger partial charge in [0.15, 0.2) is 0 Å². The number of nitrogens with two attached hydrogens (primary N) is 1. The summed E-state index contributed by atoms with van der Waals surface area (Å²) in [6.45, 7) is 9.69.